The number of hydrogen-bond acceptors (Lipinski definition) is 3. The van der Waals surface area contributed by atoms with Gasteiger partial charge in [-0.1, -0.05) is 15.9 Å². The molecule has 0 aliphatic carbocycles. The molecule has 1 rings (SSSR count). The van der Waals surface area contributed by atoms with Crippen molar-refractivity contribution in [2.45, 2.75) is 17.7 Å². The van der Waals surface area contributed by atoms with E-state index >= 15 is 0 Å². The van der Waals surface area contributed by atoms with Gasteiger partial charge in [-0.25, -0.2) is 21.9 Å². The van der Waals surface area contributed by atoms with Gasteiger partial charge in [-0.3, -0.25) is 0 Å². The molecular weight excluding hydrogens is 410 g/mol. The van der Waals surface area contributed by atoms with Gasteiger partial charge in [-0.2, -0.15) is 0 Å². The number of alkyl halides is 2. The molecule has 0 aromatic heterocycles. The fourth-order valence-corrected chi connectivity index (χ4v) is 3.92. The van der Waals surface area contributed by atoms with Gasteiger partial charge in [-0.05, 0) is 40.5 Å². The van der Waals surface area contributed by atoms with E-state index in [1.807, 2.05) is 4.72 Å². The summed E-state index contributed by atoms with van der Waals surface area (Å²) < 4.78 is 52.5. The van der Waals surface area contributed by atoms with Crippen LogP contribution in [0.4, 0.5) is 8.78 Å². The number of benzene rings is 1. The van der Waals surface area contributed by atoms with Gasteiger partial charge in [-0.15, -0.1) is 0 Å². The van der Waals surface area contributed by atoms with Crippen LogP contribution in [0.1, 0.15) is 5.56 Å². The fraction of sp³-hybridized carbons (Fsp3) is 0.400. The molecule has 0 saturated heterocycles. The van der Waals surface area contributed by atoms with Gasteiger partial charge in [0.25, 0.3) is 5.92 Å². The molecule has 108 valence electrons. The van der Waals surface area contributed by atoms with Crippen LogP contribution in [0.2, 0.25) is 0 Å². The monoisotopic (exact) mass is 420 g/mol. The van der Waals surface area contributed by atoms with Crippen molar-refractivity contribution in [1.29, 1.82) is 0 Å². The van der Waals surface area contributed by atoms with Crippen LogP contribution in [0, 0.1) is 6.92 Å². The maximum Gasteiger partial charge on any atom is 0.273 e. The Hall–Kier alpha value is -0.0900. The maximum absolute atomic E-state index is 13.0. The van der Waals surface area contributed by atoms with Crippen LogP contribution in [0.25, 0.3) is 0 Å². The molecule has 3 N–H and O–H groups in total. The number of aryl methyl sites for hydroxylation is 1. The highest BCUT2D eigenvalue weighted by Crippen LogP contribution is 2.28. The van der Waals surface area contributed by atoms with E-state index in [0.717, 1.165) is 5.56 Å². The molecule has 0 amide bonds. The van der Waals surface area contributed by atoms with Crippen LogP contribution in [0.5, 0.6) is 0 Å². The van der Waals surface area contributed by atoms with Gasteiger partial charge in [0.2, 0.25) is 10.0 Å². The molecule has 0 aliphatic heterocycles. The van der Waals surface area contributed by atoms with Gasteiger partial charge in [0.15, 0.2) is 0 Å². The van der Waals surface area contributed by atoms with Gasteiger partial charge < -0.3 is 5.73 Å². The summed E-state index contributed by atoms with van der Waals surface area (Å²) in [4.78, 5) is -0.113. The Kier molecular flexibility index (Phi) is 5.47. The Bertz CT molecular complexity index is 579. The third-order valence-electron chi connectivity index (χ3n) is 2.32. The smallest absolute Gasteiger partial charge is 0.273 e. The molecule has 0 saturated carbocycles. The Labute approximate surface area is 127 Å². The van der Waals surface area contributed by atoms with Crippen LogP contribution in [-0.4, -0.2) is 27.4 Å². The molecule has 0 bridgehead atoms. The number of sulfonamides is 1. The first-order chi connectivity index (χ1) is 8.59. The lowest BCUT2D eigenvalue weighted by molar-refractivity contribution is 0.0170. The summed E-state index contributed by atoms with van der Waals surface area (Å²) in [6.07, 6.45) is 0. The van der Waals surface area contributed by atoms with Gasteiger partial charge >= 0.3 is 0 Å². The second kappa shape index (κ2) is 6.13. The van der Waals surface area contributed by atoms with Crippen molar-refractivity contribution in [3.05, 3.63) is 26.6 Å². The zero-order chi connectivity index (χ0) is 14.8. The Morgan fingerprint density at radius 1 is 1.32 bits per heavy atom. The molecule has 4 nitrogen and oxygen atoms in total. The number of nitrogens with two attached hydrogens (primary N) is 1. The van der Waals surface area contributed by atoms with Crippen molar-refractivity contribution in [2.75, 3.05) is 13.1 Å². The maximum atomic E-state index is 13.0. The predicted octanol–water partition coefficient (Wildman–Crippen LogP) is 2.39. The van der Waals surface area contributed by atoms with Crippen LogP contribution in [0.3, 0.4) is 0 Å². The van der Waals surface area contributed by atoms with E-state index < -0.39 is 29.0 Å². The van der Waals surface area contributed by atoms with Crippen molar-refractivity contribution in [3.8, 4) is 0 Å². The number of halogens is 4. The minimum Gasteiger partial charge on any atom is -0.325 e. The van der Waals surface area contributed by atoms with E-state index in [9.17, 15) is 17.2 Å². The van der Waals surface area contributed by atoms with Crippen molar-refractivity contribution in [3.63, 3.8) is 0 Å². The topological polar surface area (TPSA) is 72.2 Å². The van der Waals surface area contributed by atoms with Gasteiger partial charge in [0.05, 0.1) is 18.0 Å². The van der Waals surface area contributed by atoms with E-state index in [-0.39, 0.29) is 4.90 Å². The summed E-state index contributed by atoms with van der Waals surface area (Å²) in [6, 6.07) is 2.93. The number of rotatable bonds is 5. The average molecular weight is 422 g/mol. The lowest BCUT2D eigenvalue weighted by atomic mass is 10.2. The van der Waals surface area contributed by atoms with Gasteiger partial charge in [0, 0.05) is 8.95 Å². The Morgan fingerprint density at radius 2 is 1.89 bits per heavy atom. The quantitative estimate of drug-likeness (QED) is 0.766. The fourth-order valence-electron chi connectivity index (χ4n) is 1.18. The number of hydrogen-bond donors (Lipinski definition) is 2. The van der Waals surface area contributed by atoms with Crippen LogP contribution >= 0.6 is 31.9 Å². The van der Waals surface area contributed by atoms with E-state index in [0.29, 0.717) is 8.95 Å². The zero-order valence-electron chi connectivity index (χ0n) is 9.88. The Morgan fingerprint density at radius 3 is 2.42 bits per heavy atom. The molecule has 0 spiro atoms. The third kappa shape index (κ3) is 4.45. The third-order valence-corrected chi connectivity index (χ3v) is 5.54. The first-order valence-electron chi connectivity index (χ1n) is 5.12. The average Bonchev–Trinajstić information content (AvgIpc) is 2.31. The van der Waals surface area contributed by atoms with Crippen LogP contribution in [-0.2, 0) is 10.0 Å². The van der Waals surface area contributed by atoms with E-state index in [1.165, 1.54) is 6.07 Å². The highest BCUT2D eigenvalue weighted by atomic mass is 79.9. The number of nitrogens with one attached hydrogen (secondary N) is 1. The Balaban J connectivity index is 3.05. The molecule has 0 aliphatic rings. The van der Waals surface area contributed by atoms with E-state index in [4.69, 9.17) is 5.73 Å². The molecule has 0 radical (unpaired) electrons. The summed E-state index contributed by atoms with van der Waals surface area (Å²) in [5, 5.41) is 0. The largest absolute Gasteiger partial charge is 0.325 e. The minimum atomic E-state index is -4.04. The lowest BCUT2D eigenvalue weighted by Gasteiger charge is -2.15. The van der Waals surface area contributed by atoms with Crippen molar-refractivity contribution in [2.24, 2.45) is 5.73 Å². The van der Waals surface area contributed by atoms with Crippen LogP contribution < -0.4 is 10.5 Å². The highest BCUT2D eigenvalue weighted by molar-refractivity contribution is 9.11. The van der Waals surface area contributed by atoms with Gasteiger partial charge in [0.1, 0.15) is 0 Å². The zero-order valence-corrected chi connectivity index (χ0v) is 13.9. The van der Waals surface area contributed by atoms with Crippen molar-refractivity contribution >= 4 is 41.9 Å². The standard InChI is InChI=1S/C10H12Br2F2N2O2S/c1-6-2-8(12)9(3-7(6)11)19(17,18)16-5-10(13,14)4-15/h2-3,16H,4-5,15H2,1H3. The molecule has 0 unspecified atom stereocenters. The molecule has 19 heavy (non-hydrogen) atoms. The summed E-state index contributed by atoms with van der Waals surface area (Å²) in [5.41, 5.74) is 5.66. The minimum absolute atomic E-state index is 0.113. The first kappa shape index (κ1) is 17.0. The predicted molar refractivity (Wildman–Crippen MR) is 75.8 cm³/mol. The normalized spacial score (nSPS) is 12.7. The molecule has 0 heterocycles. The molecule has 1 aromatic rings. The summed E-state index contributed by atoms with van der Waals surface area (Å²) in [7, 11) is -4.04. The molecular formula is C10H12Br2F2N2O2S. The summed E-state index contributed by atoms with van der Waals surface area (Å²) in [5.74, 6) is -3.28. The molecule has 0 fully saturated rings. The highest BCUT2D eigenvalue weighted by Gasteiger charge is 2.30. The second-order valence-corrected chi connectivity index (χ2v) is 7.36. The lowest BCUT2D eigenvalue weighted by Crippen LogP contribution is -2.41. The van der Waals surface area contributed by atoms with E-state index in [1.54, 1.807) is 13.0 Å². The van der Waals surface area contributed by atoms with Crippen molar-refractivity contribution < 1.29 is 17.2 Å². The van der Waals surface area contributed by atoms with Crippen molar-refractivity contribution in [1.82, 2.24) is 4.72 Å². The van der Waals surface area contributed by atoms with E-state index in [2.05, 4.69) is 31.9 Å². The first-order valence-corrected chi connectivity index (χ1v) is 8.19. The van der Waals surface area contributed by atoms with Crippen LogP contribution in [0.15, 0.2) is 26.0 Å². The molecule has 1 aromatic carbocycles. The SMILES string of the molecule is Cc1cc(Br)c(S(=O)(=O)NCC(F)(F)CN)cc1Br. The summed E-state index contributed by atoms with van der Waals surface area (Å²) >= 11 is 6.30. The molecule has 9 heteroatoms. The summed E-state index contributed by atoms with van der Waals surface area (Å²) in [6.45, 7) is -0.181. The second-order valence-electron chi connectivity index (χ2n) is 3.92. The molecule has 0 atom stereocenters.